The molecular weight excluding hydrogens is 300 g/mol. The Labute approximate surface area is 137 Å². The van der Waals surface area contributed by atoms with Gasteiger partial charge in [-0.1, -0.05) is 18.5 Å². The van der Waals surface area contributed by atoms with Crippen molar-refractivity contribution < 1.29 is 9.53 Å². The third-order valence-corrected chi connectivity index (χ3v) is 4.67. The molecule has 0 bridgehead atoms. The van der Waals surface area contributed by atoms with E-state index < -0.39 is 0 Å². The van der Waals surface area contributed by atoms with Crippen molar-refractivity contribution in [2.24, 2.45) is 5.92 Å². The number of rotatable bonds is 5. The van der Waals surface area contributed by atoms with Crippen molar-refractivity contribution in [3.8, 4) is 5.75 Å². The van der Waals surface area contributed by atoms with Crippen molar-refractivity contribution in [2.45, 2.75) is 38.6 Å². The second kappa shape index (κ2) is 7.84. The molecule has 0 aliphatic heterocycles. The van der Waals surface area contributed by atoms with Gasteiger partial charge >= 0.3 is 0 Å². The maximum Gasteiger partial charge on any atom is 0.238 e. The van der Waals surface area contributed by atoms with Crippen LogP contribution in [-0.4, -0.2) is 37.6 Å². The molecule has 5 heteroatoms. The summed E-state index contributed by atoms with van der Waals surface area (Å²) in [5.41, 5.74) is 0.616. The van der Waals surface area contributed by atoms with Crippen molar-refractivity contribution >= 4 is 23.2 Å². The number of ether oxygens (including phenoxy) is 1. The number of nitrogens with zero attached hydrogens (tertiary/aromatic N) is 1. The highest BCUT2D eigenvalue weighted by Gasteiger charge is 2.23. The molecular formula is C17H25ClN2O2. The van der Waals surface area contributed by atoms with Gasteiger partial charge in [-0.05, 0) is 56.8 Å². The molecule has 0 spiro atoms. The molecule has 0 heterocycles. The second-order valence-electron chi connectivity index (χ2n) is 6.22. The quantitative estimate of drug-likeness (QED) is 0.895. The van der Waals surface area contributed by atoms with Crippen LogP contribution in [0, 0.1) is 5.92 Å². The number of methoxy groups -OCH3 is 1. The summed E-state index contributed by atoms with van der Waals surface area (Å²) in [5.74, 6) is 1.39. The highest BCUT2D eigenvalue weighted by Crippen LogP contribution is 2.28. The Morgan fingerprint density at radius 1 is 1.36 bits per heavy atom. The molecule has 1 aliphatic carbocycles. The smallest absolute Gasteiger partial charge is 0.238 e. The fourth-order valence-electron chi connectivity index (χ4n) is 3.01. The van der Waals surface area contributed by atoms with E-state index in [2.05, 4.69) is 17.1 Å². The van der Waals surface area contributed by atoms with Gasteiger partial charge in [-0.25, -0.2) is 0 Å². The molecule has 2 rings (SSSR count). The van der Waals surface area contributed by atoms with E-state index in [1.165, 1.54) is 25.7 Å². The number of anilines is 1. The van der Waals surface area contributed by atoms with Gasteiger partial charge in [-0.15, -0.1) is 0 Å². The van der Waals surface area contributed by atoms with E-state index in [0.29, 0.717) is 29.0 Å². The maximum absolute atomic E-state index is 12.3. The minimum atomic E-state index is -0.0401. The molecule has 1 aliphatic rings. The lowest BCUT2D eigenvalue weighted by Crippen LogP contribution is -2.39. The van der Waals surface area contributed by atoms with E-state index in [1.807, 2.05) is 7.05 Å². The molecule has 0 unspecified atom stereocenters. The topological polar surface area (TPSA) is 41.6 Å². The van der Waals surface area contributed by atoms with E-state index in [4.69, 9.17) is 16.3 Å². The summed E-state index contributed by atoms with van der Waals surface area (Å²) in [7, 11) is 3.60. The first-order chi connectivity index (χ1) is 10.5. The van der Waals surface area contributed by atoms with Crippen LogP contribution in [0.15, 0.2) is 18.2 Å². The van der Waals surface area contributed by atoms with E-state index in [9.17, 15) is 4.79 Å². The molecule has 0 atom stereocenters. The minimum absolute atomic E-state index is 0.0401. The van der Waals surface area contributed by atoms with Crippen molar-refractivity contribution in [3.63, 3.8) is 0 Å². The van der Waals surface area contributed by atoms with Crippen LogP contribution >= 0.6 is 11.6 Å². The number of carbonyl (C=O) groups is 1. The highest BCUT2D eigenvalue weighted by molar-refractivity contribution is 6.31. The predicted octanol–water partition coefficient (Wildman–Crippen LogP) is 3.80. The predicted molar refractivity (Wildman–Crippen MR) is 90.7 cm³/mol. The molecule has 0 radical (unpaired) electrons. The normalized spacial score (nSPS) is 21.7. The number of halogens is 1. The zero-order valence-electron chi connectivity index (χ0n) is 13.6. The molecule has 0 saturated heterocycles. The van der Waals surface area contributed by atoms with Crippen LogP contribution < -0.4 is 10.1 Å². The van der Waals surface area contributed by atoms with E-state index >= 15 is 0 Å². The van der Waals surface area contributed by atoms with E-state index in [1.54, 1.807) is 25.3 Å². The van der Waals surface area contributed by atoms with Gasteiger partial charge in [0.05, 0.1) is 19.3 Å². The van der Waals surface area contributed by atoms with Gasteiger partial charge in [0.15, 0.2) is 0 Å². The van der Waals surface area contributed by atoms with Gasteiger partial charge in [0.25, 0.3) is 0 Å². The number of hydrogen-bond donors (Lipinski definition) is 1. The Kier molecular flexibility index (Phi) is 6.09. The Bertz CT molecular complexity index is 513. The Hall–Kier alpha value is -1.26. The fraction of sp³-hybridized carbons (Fsp3) is 0.588. The monoisotopic (exact) mass is 324 g/mol. The average Bonchev–Trinajstić information content (AvgIpc) is 2.48. The second-order valence-corrected chi connectivity index (χ2v) is 6.66. The van der Waals surface area contributed by atoms with Crippen LogP contribution in [0.1, 0.15) is 32.6 Å². The Morgan fingerprint density at radius 2 is 2.05 bits per heavy atom. The molecule has 1 fully saturated rings. The lowest BCUT2D eigenvalue weighted by molar-refractivity contribution is -0.117. The zero-order valence-corrected chi connectivity index (χ0v) is 14.3. The summed E-state index contributed by atoms with van der Waals surface area (Å²) in [6.07, 6.45) is 4.84. The molecule has 1 saturated carbocycles. The maximum atomic E-state index is 12.3. The highest BCUT2D eigenvalue weighted by atomic mass is 35.5. The third kappa shape index (κ3) is 4.62. The van der Waals surface area contributed by atoms with Gasteiger partial charge in [0, 0.05) is 11.1 Å². The average molecular weight is 325 g/mol. The van der Waals surface area contributed by atoms with Gasteiger partial charge in [0.1, 0.15) is 5.75 Å². The van der Waals surface area contributed by atoms with Crippen LogP contribution in [-0.2, 0) is 4.79 Å². The SMILES string of the molecule is COc1ccc(Cl)cc1NC(=O)CN(C)C1CCC(C)CC1. The van der Waals surface area contributed by atoms with Gasteiger partial charge < -0.3 is 10.1 Å². The van der Waals surface area contributed by atoms with Crippen molar-refractivity contribution in [3.05, 3.63) is 23.2 Å². The number of amides is 1. The lowest BCUT2D eigenvalue weighted by Gasteiger charge is -2.33. The summed E-state index contributed by atoms with van der Waals surface area (Å²) >= 11 is 5.98. The molecule has 1 aromatic rings. The molecule has 1 N–H and O–H groups in total. The summed E-state index contributed by atoms with van der Waals surface area (Å²) in [6.45, 7) is 2.68. The third-order valence-electron chi connectivity index (χ3n) is 4.44. The standard InChI is InChI=1S/C17H25ClN2O2/c1-12-4-7-14(8-5-12)20(2)11-17(21)19-15-10-13(18)6-9-16(15)22-3/h6,9-10,12,14H,4-5,7-8,11H2,1-3H3,(H,19,21). The lowest BCUT2D eigenvalue weighted by atomic mass is 9.87. The van der Waals surface area contributed by atoms with Crippen LogP contribution in [0.2, 0.25) is 5.02 Å². The van der Waals surface area contributed by atoms with E-state index in [0.717, 1.165) is 5.92 Å². The van der Waals surface area contributed by atoms with Crippen LogP contribution in [0.3, 0.4) is 0 Å². The number of likely N-dealkylation sites (N-methyl/N-ethyl adjacent to an activating group) is 1. The van der Waals surface area contributed by atoms with Crippen molar-refractivity contribution in [1.29, 1.82) is 0 Å². The first-order valence-corrected chi connectivity index (χ1v) is 8.21. The van der Waals surface area contributed by atoms with Gasteiger partial charge in [-0.3, -0.25) is 9.69 Å². The Balaban J connectivity index is 1.91. The first kappa shape index (κ1) is 17.1. The number of carbonyl (C=O) groups excluding carboxylic acids is 1. The zero-order chi connectivity index (χ0) is 16.1. The fourth-order valence-corrected chi connectivity index (χ4v) is 3.18. The van der Waals surface area contributed by atoms with Gasteiger partial charge in [-0.2, -0.15) is 0 Å². The van der Waals surface area contributed by atoms with E-state index in [-0.39, 0.29) is 5.91 Å². The minimum Gasteiger partial charge on any atom is -0.495 e. The van der Waals surface area contributed by atoms with Gasteiger partial charge in [0.2, 0.25) is 5.91 Å². The number of benzene rings is 1. The summed E-state index contributed by atoms with van der Waals surface area (Å²) in [4.78, 5) is 14.4. The van der Waals surface area contributed by atoms with Crippen LogP contribution in [0.4, 0.5) is 5.69 Å². The summed E-state index contributed by atoms with van der Waals surface area (Å²) in [5, 5.41) is 3.47. The number of hydrogen-bond acceptors (Lipinski definition) is 3. The molecule has 0 aromatic heterocycles. The summed E-state index contributed by atoms with van der Waals surface area (Å²) < 4.78 is 5.25. The Morgan fingerprint density at radius 3 is 2.68 bits per heavy atom. The molecule has 1 aromatic carbocycles. The molecule has 22 heavy (non-hydrogen) atoms. The molecule has 1 amide bonds. The van der Waals surface area contributed by atoms with Crippen molar-refractivity contribution in [1.82, 2.24) is 4.90 Å². The number of nitrogens with one attached hydrogen (secondary N) is 1. The van der Waals surface area contributed by atoms with Crippen LogP contribution in [0.5, 0.6) is 5.75 Å². The summed E-state index contributed by atoms with van der Waals surface area (Å²) in [6, 6.07) is 5.71. The largest absolute Gasteiger partial charge is 0.495 e. The molecule has 122 valence electrons. The van der Waals surface area contributed by atoms with Crippen molar-refractivity contribution in [2.75, 3.05) is 26.0 Å². The molecule has 4 nitrogen and oxygen atoms in total. The first-order valence-electron chi connectivity index (χ1n) is 7.83. The van der Waals surface area contributed by atoms with Crippen LogP contribution in [0.25, 0.3) is 0 Å².